The van der Waals surface area contributed by atoms with Gasteiger partial charge >= 0.3 is 5.97 Å². The van der Waals surface area contributed by atoms with Crippen molar-refractivity contribution in [2.75, 3.05) is 47.4 Å². The van der Waals surface area contributed by atoms with Gasteiger partial charge < -0.3 is 29.6 Å². The summed E-state index contributed by atoms with van der Waals surface area (Å²) >= 11 is 0. The first-order valence-corrected chi connectivity index (χ1v) is 17.5. The molecule has 2 aromatic heterocycles. The highest BCUT2D eigenvalue weighted by Crippen LogP contribution is 2.45. The van der Waals surface area contributed by atoms with E-state index in [0.717, 1.165) is 106 Å². The number of piperidine rings is 2. The fourth-order valence-electron chi connectivity index (χ4n) is 7.39. The number of hydrogen-bond acceptors (Lipinski definition) is 9. The van der Waals surface area contributed by atoms with Crippen LogP contribution >= 0.6 is 0 Å². The zero-order valence-corrected chi connectivity index (χ0v) is 29.7. The normalized spacial score (nSPS) is 19.3. The van der Waals surface area contributed by atoms with E-state index >= 15 is 0 Å². The molecular formula is C38H52N6O4. The predicted molar refractivity (Wildman–Crippen MR) is 190 cm³/mol. The quantitative estimate of drug-likeness (QED) is 0.303. The predicted octanol–water partition coefficient (Wildman–Crippen LogP) is 6.25. The second-order valence-electron chi connectivity index (χ2n) is 15.6. The average Bonchev–Trinajstić information content (AvgIpc) is 3.03. The Hall–Kier alpha value is -3.76. The molecule has 10 heteroatoms. The summed E-state index contributed by atoms with van der Waals surface area (Å²) in [5, 5.41) is 20.5. The summed E-state index contributed by atoms with van der Waals surface area (Å²) in [6.45, 7) is 19.1. The molecule has 3 aromatic rings. The molecule has 1 aromatic carbocycles. The van der Waals surface area contributed by atoms with E-state index in [1.54, 1.807) is 0 Å². The van der Waals surface area contributed by atoms with Crippen molar-refractivity contribution in [3.8, 4) is 11.1 Å². The number of pyridine rings is 1. The van der Waals surface area contributed by atoms with Crippen molar-refractivity contribution in [2.45, 2.75) is 105 Å². The lowest BCUT2D eigenvalue weighted by Gasteiger charge is -2.41. The first-order valence-electron chi connectivity index (χ1n) is 17.5. The Morgan fingerprint density at radius 2 is 1.65 bits per heavy atom. The second kappa shape index (κ2) is 13.3. The van der Waals surface area contributed by atoms with Crippen molar-refractivity contribution in [1.82, 2.24) is 15.0 Å². The van der Waals surface area contributed by atoms with Crippen LogP contribution in [0.3, 0.4) is 0 Å². The maximum atomic E-state index is 12.9. The molecule has 2 fully saturated rings. The minimum Gasteiger partial charge on any atom is -0.479 e. The number of aromatic nitrogens is 3. The van der Waals surface area contributed by atoms with Crippen LogP contribution in [0.15, 0.2) is 30.5 Å². The molecule has 2 saturated heterocycles. The lowest BCUT2D eigenvalue weighted by Crippen LogP contribution is -2.39. The molecular weight excluding hydrogens is 604 g/mol. The monoisotopic (exact) mass is 656 g/mol. The number of carboxylic acids is 1. The van der Waals surface area contributed by atoms with Crippen molar-refractivity contribution in [3.05, 3.63) is 58.5 Å². The van der Waals surface area contributed by atoms with Gasteiger partial charge in [-0.25, -0.2) is 9.78 Å². The lowest BCUT2D eigenvalue weighted by molar-refractivity contribution is -0.160. The number of aliphatic carboxylic acids is 1. The molecule has 10 nitrogen and oxygen atoms in total. The zero-order valence-electron chi connectivity index (χ0n) is 29.7. The van der Waals surface area contributed by atoms with Gasteiger partial charge in [0.2, 0.25) is 5.95 Å². The van der Waals surface area contributed by atoms with Gasteiger partial charge in [0.05, 0.1) is 17.4 Å². The topological polar surface area (TPSA) is 115 Å². The molecule has 6 rings (SSSR count). The molecule has 258 valence electrons. The van der Waals surface area contributed by atoms with Gasteiger partial charge in [-0.3, -0.25) is 4.98 Å². The van der Waals surface area contributed by atoms with Crippen LogP contribution in [0.5, 0.6) is 0 Å². The number of aryl methyl sites for hydroxylation is 2. The minimum atomic E-state index is -1.14. The smallest absolute Gasteiger partial charge is 0.337 e. The van der Waals surface area contributed by atoms with Gasteiger partial charge in [-0.05, 0) is 94.9 Å². The van der Waals surface area contributed by atoms with Gasteiger partial charge in [-0.1, -0.05) is 32.0 Å². The molecule has 3 aliphatic rings. The van der Waals surface area contributed by atoms with E-state index < -0.39 is 17.7 Å². The standard InChI is InChI=1S/C38H52N6O4/c1-24-31(33(42-20-14-38(6,7)15-21-42)32(25(2)40-24)34(35(46)47)48-37(3,4)5)27-8-9-28-23-44(17-11-26(28)22-27)30-10-16-39-36(41-30)43-18-12-29(45)13-19-43/h8-10,16,22,29,34,45H,11-15,17-21,23H2,1-7H3,(H,46,47)/t34-/m0/s1. The van der Waals surface area contributed by atoms with Crippen molar-refractivity contribution in [2.24, 2.45) is 5.41 Å². The molecule has 1 atom stereocenters. The van der Waals surface area contributed by atoms with E-state index in [0.29, 0.717) is 11.3 Å². The summed E-state index contributed by atoms with van der Waals surface area (Å²) in [6, 6.07) is 8.66. The van der Waals surface area contributed by atoms with E-state index in [1.165, 1.54) is 11.1 Å². The molecule has 0 aliphatic carbocycles. The van der Waals surface area contributed by atoms with Crippen LogP contribution in [0.2, 0.25) is 0 Å². The lowest BCUT2D eigenvalue weighted by atomic mass is 9.81. The average molecular weight is 657 g/mol. The van der Waals surface area contributed by atoms with Gasteiger partial charge in [-0.15, -0.1) is 0 Å². The number of carbonyl (C=O) groups is 1. The van der Waals surface area contributed by atoms with Crippen LogP contribution in [0, 0.1) is 19.3 Å². The highest BCUT2D eigenvalue weighted by molar-refractivity contribution is 5.88. The molecule has 0 amide bonds. The minimum absolute atomic E-state index is 0.237. The Labute approximate surface area is 285 Å². The summed E-state index contributed by atoms with van der Waals surface area (Å²) < 4.78 is 6.27. The molecule has 0 bridgehead atoms. The molecule has 0 spiro atoms. The van der Waals surface area contributed by atoms with E-state index in [2.05, 4.69) is 51.7 Å². The van der Waals surface area contributed by atoms with Crippen molar-refractivity contribution in [1.29, 1.82) is 0 Å². The largest absolute Gasteiger partial charge is 0.479 e. The summed E-state index contributed by atoms with van der Waals surface area (Å²) in [7, 11) is 0. The number of aliphatic hydroxyl groups is 1. The summed E-state index contributed by atoms with van der Waals surface area (Å²) in [6.07, 6.45) is 4.84. The molecule has 0 saturated carbocycles. The SMILES string of the molecule is Cc1nc(C)c([C@H](OC(C)(C)C)C(=O)O)c(N2CCC(C)(C)CC2)c1-c1ccc2c(c1)CCN(c1ccnc(N3CCC(O)CC3)n1)C2. The Kier molecular flexibility index (Phi) is 9.43. The van der Waals surface area contributed by atoms with E-state index in [1.807, 2.05) is 46.9 Å². The van der Waals surface area contributed by atoms with Crippen LogP contribution in [-0.2, 0) is 22.5 Å². The molecule has 2 N–H and O–H groups in total. The summed E-state index contributed by atoms with van der Waals surface area (Å²) in [4.78, 5) is 34.2. The molecule has 5 heterocycles. The number of anilines is 3. The second-order valence-corrected chi connectivity index (χ2v) is 15.6. The molecule has 0 unspecified atom stereocenters. The van der Waals surface area contributed by atoms with E-state index in [4.69, 9.17) is 14.7 Å². The van der Waals surface area contributed by atoms with Crippen LogP contribution < -0.4 is 14.7 Å². The number of rotatable bonds is 7. The Balaban J connectivity index is 1.36. The number of fused-ring (bicyclic) bond motifs is 1. The van der Waals surface area contributed by atoms with E-state index in [-0.39, 0.29) is 11.5 Å². The number of carboxylic acid groups (broad SMARTS) is 1. The molecule has 3 aliphatic heterocycles. The highest BCUT2D eigenvalue weighted by atomic mass is 16.5. The number of nitrogens with zero attached hydrogens (tertiary/aromatic N) is 6. The Morgan fingerprint density at radius 3 is 2.31 bits per heavy atom. The van der Waals surface area contributed by atoms with Crippen molar-refractivity contribution < 1.29 is 19.7 Å². The number of benzene rings is 1. The number of hydrogen-bond donors (Lipinski definition) is 2. The summed E-state index contributed by atoms with van der Waals surface area (Å²) in [5.74, 6) is 0.639. The zero-order chi connectivity index (χ0) is 34.4. The first-order chi connectivity index (χ1) is 22.7. The van der Waals surface area contributed by atoms with Crippen molar-refractivity contribution >= 4 is 23.4 Å². The molecule has 48 heavy (non-hydrogen) atoms. The van der Waals surface area contributed by atoms with E-state index in [9.17, 15) is 15.0 Å². The van der Waals surface area contributed by atoms with Crippen LogP contribution in [-0.4, -0.2) is 75.6 Å². The third kappa shape index (κ3) is 7.29. The number of aliphatic hydroxyl groups excluding tert-OH is 1. The maximum Gasteiger partial charge on any atom is 0.337 e. The van der Waals surface area contributed by atoms with Gasteiger partial charge in [0.25, 0.3) is 0 Å². The van der Waals surface area contributed by atoms with Gasteiger partial charge in [-0.2, -0.15) is 4.98 Å². The fourth-order valence-corrected chi connectivity index (χ4v) is 7.39. The third-order valence-electron chi connectivity index (χ3n) is 10.2. The van der Waals surface area contributed by atoms with Crippen LogP contribution in [0.25, 0.3) is 11.1 Å². The van der Waals surface area contributed by atoms with Gasteiger partial charge in [0.1, 0.15) is 5.82 Å². The van der Waals surface area contributed by atoms with Gasteiger partial charge in [0.15, 0.2) is 6.10 Å². The molecule has 0 radical (unpaired) electrons. The Bertz CT molecular complexity index is 1650. The fraction of sp³-hybridized carbons (Fsp3) is 0.579. The summed E-state index contributed by atoms with van der Waals surface area (Å²) in [5.41, 5.74) is 7.38. The van der Waals surface area contributed by atoms with Gasteiger partial charge in [0, 0.05) is 68.0 Å². The first kappa shape index (κ1) is 34.1. The maximum absolute atomic E-state index is 12.9. The van der Waals surface area contributed by atoms with Crippen molar-refractivity contribution in [3.63, 3.8) is 0 Å². The van der Waals surface area contributed by atoms with Crippen LogP contribution in [0.4, 0.5) is 17.5 Å². The van der Waals surface area contributed by atoms with Crippen LogP contribution in [0.1, 0.15) is 94.5 Å². The third-order valence-corrected chi connectivity index (χ3v) is 10.2. The Morgan fingerprint density at radius 1 is 0.938 bits per heavy atom. The number of ether oxygens (including phenoxy) is 1. The highest BCUT2D eigenvalue weighted by Gasteiger charge is 2.37.